The van der Waals surface area contributed by atoms with Crippen molar-refractivity contribution in [3.05, 3.63) is 0 Å². The molecule has 2 atom stereocenters. The van der Waals surface area contributed by atoms with E-state index in [2.05, 4.69) is 0 Å². The van der Waals surface area contributed by atoms with Crippen LogP contribution in [0, 0.1) is 11.8 Å². The van der Waals surface area contributed by atoms with Crippen molar-refractivity contribution in [1.82, 2.24) is 0 Å². The Labute approximate surface area is 108 Å². The fourth-order valence-electron chi connectivity index (χ4n) is 1.02. The van der Waals surface area contributed by atoms with Crippen molar-refractivity contribution >= 4 is 11.9 Å². The molecule has 0 aliphatic heterocycles. The molecule has 106 valence electrons. The van der Waals surface area contributed by atoms with Crippen molar-refractivity contribution in [2.24, 2.45) is 23.3 Å². The summed E-state index contributed by atoms with van der Waals surface area (Å²) in [5.74, 6) is -0.966. The van der Waals surface area contributed by atoms with Gasteiger partial charge in [-0.05, 0) is 11.8 Å². The Morgan fingerprint density at radius 3 is 1.33 bits per heavy atom. The van der Waals surface area contributed by atoms with Crippen molar-refractivity contribution in [2.75, 3.05) is 13.2 Å². The lowest BCUT2D eigenvalue weighted by Crippen LogP contribution is -2.39. The van der Waals surface area contributed by atoms with Gasteiger partial charge in [0.05, 0.1) is 0 Å². The minimum absolute atomic E-state index is 0.00416. The van der Waals surface area contributed by atoms with Gasteiger partial charge in [0.2, 0.25) is 0 Å². The lowest BCUT2D eigenvalue weighted by Gasteiger charge is -2.16. The quantitative estimate of drug-likeness (QED) is 0.494. The Bertz CT molecular complexity index is 251. The van der Waals surface area contributed by atoms with Crippen molar-refractivity contribution in [3.63, 3.8) is 0 Å². The Morgan fingerprint density at radius 2 is 1.11 bits per heavy atom. The van der Waals surface area contributed by atoms with Gasteiger partial charge in [0.25, 0.3) is 0 Å². The molecule has 0 aromatic heterocycles. The molecule has 0 heterocycles. The van der Waals surface area contributed by atoms with Gasteiger partial charge in [0.15, 0.2) is 0 Å². The fraction of sp³-hybridized carbons (Fsp3) is 0.833. The lowest BCUT2D eigenvalue weighted by molar-refractivity contribution is -0.155. The number of carbonyl (C=O) groups excluding carboxylic acids is 2. The molecule has 0 saturated carbocycles. The fourth-order valence-corrected chi connectivity index (χ4v) is 1.02. The Balaban J connectivity index is 3.81. The summed E-state index contributed by atoms with van der Waals surface area (Å²) in [4.78, 5) is 22.7. The molecule has 0 rings (SSSR count). The van der Waals surface area contributed by atoms with E-state index in [1.54, 1.807) is 0 Å². The van der Waals surface area contributed by atoms with E-state index in [1.807, 2.05) is 27.7 Å². The SMILES string of the molecule is CC(C)[C@H](N)C(=O)OCCOC(=O)[C@@H](N)C(C)C. The number of ether oxygens (including phenoxy) is 2. The Kier molecular flexibility index (Phi) is 7.54. The van der Waals surface area contributed by atoms with E-state index in [0.717, 1.165) is 0 Å². The van der Waals surface area contributed by atoms with Crippen LogP contribution >= 0.6 is 0 Å². The van der Waals surface area contributed by atoms with E-state index in [9.17, 15) is 9.59 Å². The first kappa shape index (κ1) is 16.9. The van der Waals surface area contributed by atoms with Gasteiger partial charge >= 0.3 is 11.9 Å². The maximum absolute atomic E-state index is 11.4. The summed E-state index contributed by atoms with van der Waals surface area (Å²) in [7, 11) is 0. The van der Waals surface area contributed by atoms with E-state index in [0.29, 0.717) is 0 Å². The normalized spacial score (nSPS) is 14.4. The van der Waals surface area contributed by atoms with Gasteiger partial charge in [0, 0.05) is 0 Å². The molecule has 0 bridgehead atoms. The first-order chi connectivity index (χ1) is 8.27. The number of rotatable bonds is 7. The third-order valence-corrected chi connectivity index (χ3v) is 2.55. The summed E-state index contributed by atoms with van der Waals surface area (Å²) in [5, 5.41) is 0. The summed E-state index contributed by atoms with van der Waals surface area (Å²) in [6.45, 7) is 7.30. The van der Waals surface area contributed by atoms with Crippen molar-refractivity contribution in [1.29, 1.82) is 0 Å². The highest BCUT2D eigenvalue weighted by Gasteiger charge is 2.20. The van der Waals surface area contributed by atoms with E-state index in [-0.39, 0.29) is 25.0 Å². The summed E-state index contributed by atoms with van der Waals surface area (Å²) in [6.07, 6.45) is 0. The van der Waals surface area contributed by atoms with E-state index in [4.69, 9.17) is 20.9 Å². The van der Waals surface area contributed by atoms with Crippen LogP contribution in [0.25, 0.3) is 0 Å². The monoisotopic (exact) mass is 260 g/mol. The predicted molar refractivity (Wildman–Crippen MR) is 67.5 cm³/mol. The van der Waals surface area contributed by atoms with Gasteiger partial charge in [-0.1, -0.05) is 27.7 Å². The van der Waals surface area contributed by atoms with Gasteiger partial charge in [-0.3, -0.25) is 9.59 Å². The van der Waals surface area contributed by atoms with Crippen LogP contribution in [0.4, 0.5) is 0 Å². The molecule has 0 radical (unpaired) electrons. The van der Waals surface area contributed by atoms with Crippen LogP contribution in [0.1, 0.15) is 27.7 Å². The summed E-state index contributed by atoms with van der Waals surface area (Å²) in [6, 6.07) is -1.31. The third kappa shape index (κ3) is 5.97. The van der Waals surface area contributed by atoms with Crippen LogP contribution in [0.5, 0.6) is 0 Å². The standard InChI is InChI=1S/C12H24N2O4/c1-7(2)9(13)11(15)17-5-6-18-12(16)10(14)8(3)4/h7-10H,5-6,13-14H2,1-4H3/t9-,10-/m0/s1. The van der Waals surface area contributed by atoms with Gasteiger partial charge in [-0.15, -0.1) is 0 Å². The topological polar surface area (TPSA) is 105 Å². The minimum Gasteiger partial charge on any atom is -0.461 e. The second-order valence-electron chi connectivity index (χ2n) is 4.87. The highest BCUT2D eigenvalue weighted by Crippen LogP contribution is 2.02. The smallest absolute Gasteiger partial charge is 0.323 e. The van der Waals surface area contributed by atoms with Crippen LogP contribution in [-0.2, 0) is 19.1 Å². The first-order valence-electron chi connectivity index (χ1n) is 6.11. The summed E-state index contributed by atoms with van der Waals surface area (Å²) >= 11 is 0. The third-order valence-electron chi connectivity index (χ3n) is 2.55. The number of carbonyl (C=O) groups is 2. The second-order valence-corrected chi connectivity index (χ2v) is 4.87. The van der Waals surface area contributed by atoms with E-state index < -0.39 is 24.0 Å². The molecule has 18 heavy (non-hydrogen) atoms. The molecule has 0 aromatic carbocycles. The zero-order chi connectivity index (χ0) is 14.3. The molecule has 0 aliphatic rings. The second kappa shape index (κ2) is 8.05. The highest BCUT2D eigenvalue weighted by atomic mass is 16.6. The molecule has 0 unspecified atom stereocenters. The number of esters is 2. The first-order valence-corrected chi connectivity index (χ1v) is 6.11. The summed E-state index contributed by atoms with van der Waals surface area (Å²) in [5.41, 5.74) is 11.2. The molecule has 0 saturated heterocycles. The molecule has 0 aromatic rings. The average Bonchev–Trinajstić information content (AvgIpc) is 2.31. The van der Waals surface area contributed by atoms with Crippen LogP contribution in [-0.4, -0.2) is 37.2 Å². The molecule has 4 N–H and O–H groups in total. The van der Waals surface area contributed by atoms with Crippen LogP contribution in [0.2, 0.25) is 0 Å². The van der Waals surface area contributed by atoms with Gasteiger partial charge in [0.1, 0.15) is 25.3 Å². The van der Waals surface area contributed by atoms with Crippen molar-refractivity contribution in [3.8, 4) is 0 Å². The molecule has 0 amide bonds. The van der Waals surface area contributed by atoms with E-state index in [1.165, 1.54) is 0 Å². The number of hydrogen-bond donors (Lipinski definition) is 2. The van der Waals surface area contributed by atoms with Crippen molar-refractivity contribution < 1.29 is 19.1 Å². The molecule has 0 aliphatic carbocycles. The minimum atomic E-state index is -0.654. The number of nitrogens with two attached hydrogens (primary N) is 2. The zero-order valence-electron chi connectivity index (χ0n) is 11.5. The summed E-state index contributed by atoms with van der Waals surface area (Å²) < 4.78 is 9.75. The molecule has 0 fully saturated rings. The van der Waals surface area contributed by atoms with Crippen molar-refractivity contribution in [2.45, 2.75) is 39.8 Å². The molecular formula is C12H24N2O4. The molecule has 6 heteroatoms. The largest absolute Gasteiger partial charge is 0.461 e. The zero-order valence-corrected chi connectivity index (χ0v) is 11.5. The maximum Gasteiger partial charge on any atom is 0.323 e. The predicted octanol–water partition coefficient (Wildman–Crippen LogP) is 0.0394. The average molecular weight is 260 g/mol. The lowest BCUT2D eigenvalue weighted by atomic mass is 10.1. The van der Waals surface area contributed by atoms with Gasteiger partial charge in [-0.25, -0.2) is 0 Å². The molecular weight excluding hydrogens is 236 g/mol. The Hall–Kier alpha value is -1.14. The number of hydrogen-bond acceptors (Lipinski definition) is 6. The van der Waals surface area contributed by atoms with Crippen LogP contribution < -0.4 is 11.5 Å². The maximum atomic E-state index is 11.4. The Morgan fingerprint density at radius 1 is 0.833 bits per heavy atom. The highest BCUT2D eigenvalue weighted by molar-refractivity contribution is 5.76. The van der Waals surface area contributed by atoms with Crippen LogP contribution in [0.3, 0.4) is 0 Å². The van der Waals surface area contributed by atoms with E-state index >= 15 is 0 Å². The van der Waals surface area contributed by atoms with Gasteiger partial charge < -0.3 is 20.9 Å². The van der Waals surface area contributed by atoms with Gasteiger partial charge in [-0.2, -0.15) is 0 Å². The molecule has 6 nitrogen and oxygen atoms in total. The van der Waals surface area contributed by atoms with Crippen LogP contribution in [0.15, 0.2) is 0 Å². The molecule has 0 spiro atoms.